The van der Waals surface area contributed by atoms with Crippen molar-refractivity contribution in [3.05, 3.63) is 47.7 Å². The first-order valence-electron chi connectivity index (χ1n) is 5.89. The Labute approximate surface area is 107 Å². The van der Waals surface area contributed by atoms with Gasteiger partial charge in [-0.25, -0.2) is 0 Å². The molecule has 0 fully saturated rings. The summed E-state index contributed by atoms with van der Waals surface area (Å²) in [5.74, 6) is 0.726. The number of para-hydroxylation sites is 1. The van der Waals surface area contributed by atoms with E-state index in [4.69, 9.17) is 4.42 Å². The third-order valence-corrected chi connectivity index (χ3v) is 3.19. The van der Waals surface area contributed by atoms with E-state index in [2.05, 4.69) is 6.58 Å². The average molecular weight is 243 g/mol. The molecule has 3 heteroatoms. The molecular weight excluding hydrogens is 226 g/mol. The van der Waals surface area contributed by atoms with Gasteiger partial charge in [0, 0.05) is 18.0 Å². The van der Waals surface area contributed by atoms with Crippen LogP contribution in [-0.4, -0.2) is 17.9 Å². The van der Waals surface area contributed by atoms with Crippen LogP contribution in [0.5, 0.6) is 0 Å². The molecule has 0 unspecified atom stereocenters. The lowest BCUT2D eigenvalue weighted by molar-refractivity contribution is -0.125. The van der Waals surface area contributed by atoms with Crippen molar-refractivity contribution in [2.24, 2.45) is 0 Å². The summed E-state index contributed by atoms with van der Waals surface area (Å²) in [6, 6.07) is 6.08. The lowest BCUT2D eigenvalue weighted by Gasteiger charge is -2.13. The smallest absolute Gasteiger partial charge is 0.246 e. The highest BCUT2D eigenvalue weighted by atomic mass is 16.3. The second-order valence-corrected chi connectivity index (χ2v) is 4.50. The van der Waals surface area contributed by atoms with E-state index in [0.29, 0.717) is 6.54 Å². The summed E-state index contributed by atoms with van der Waals surface area (Å²) in [6.45, 7) is 7.99. The zero-order valence-electron chi connectivity index (χ0n) is 11.0. The minimum Gasteiger partial charge on any atom is -0.459 e. The average Bonchev–Trinajstić information content (AvgIpc) is 2.68. The van der Waals surface area contributed by atoms with E-state index in [9.17, 15) is 4.79 Å². The van der Waals surface area contributed by atoms with Crippen molar-refractivity contribution >= 4 is 16.9 Å². The number of rotatable bonds is 3. The van der Waals surface area contributed by atoms with Crippen molar-refractivity contribution in [3.8, 4) is 0 Å². The second-order valence-electron chi connectivity index (χ2n) is 4.50. The normalized spacial score (nSPS) is 10.6. The number of likely N-dealkylation sites (N-methyl/N-ethyl adjacent to an activating group) is 1. The predicted molar refractivity (Wildman–Crippen MR) is 72.4 cm³/mol. The van der Waals surface area contributed by atoms with Crippen LogP contribution in [0, 0.1) is 13.8 Å². The largest absolute Gasteiger partial charge is 0.459 e. The van der Waals surface area contributed by atoms with Crippen LogP contribution in [0.3, 0.4) is 0 Å². The van der Waals surface area contributed by atoms with Gasteiger partial charge in [-0.3, -0.25) is 4.79 Å². The van der Waals surface area contributed by atoms with Crippen LogP contribution in [0.25, 0.3) is 11.0 Å². The van der Waals surface area contributed by atoms with Gasteiger partial charge in [0.25, 0.3) is 0 Å². The van der Waals surface area contributed by atoms with E-state index < -0.39 is 0 Å². The van der Waals surface area contributed by atoms with Crippen molar-refractivity contribution in [1.29, 1.82) is 0 Å². The van der Waals surface area contributed by atoms with Crippen LogP contribution in [0.15, 0.2) is 35.3 Å². The number of benzene rings is 1. The lowest BCUT2D eigenvalue weighted by atomic mass is 10.1. The Morgan fingerprint density at radius 1 is 1.44 bits per heavy atom. The Balaban J connectivity index is 2.40. The number of hydrogen-bond donors (Lipinski definition) is 0. The van der Waals surface area contributed by atoms with Crippen molar-refractivity contribution in [2.45, 2.75) is 20.4 Å². The molecule has 0 aliphatic heterocycles. The van der Waals surface area contributed by atoms with Gasteiger partial charge in [0.15, 0.2) is 0 Å². The van der Waals surface area contributed by atoms with Crippen molar-refractivity contribution in [2.75, 3.05) is 7.05 Å². The molecule has 1 aromatic heterocycles. The van der Waals surface area contributed by atoms with Gasteiger partial charge in [-0.05, 0) is 25.5 Å². The van der Waals surface area contributed by atoms with E-state index in [1.54, 1.807) is 11.9 Å². The van der Waals surface area contributed by atoms with Gasteiger partial charge in [-0.15, -0.1) is 0 Å². The van der Waals surface area contributed by atoms with E-state index in [0.717, 1.165) is 27.9 Å². The summed E-state index contributed by atoms with van der Waals surface area (Å²) in [7, 11) is 1.74. The highest BCUT2D eigenvalue weighted by Crippen LogP contribution is 2.28. The number of amides is 1. The molecule has 0 spiro atoms. The van der Waals surface area contributed by atoms with Gasteiger partial charge < -0.3 is 9.32 Å². The third kappa shape index (κ3) is 2.04. The molecule has 0 aliphatic carbocycles. The van der Waals surface area contributed by atoms with Crippen LogP contribution in [0.1, 0.15) is 16.9 Å². The zero-order valence-corrected chi connectivity index (χ0v) is 11.0. The molecule has 18 heavy (non-hydrogen) atoms. The quantitative estimate of drug-likeness (QED) is 0.776. The molecule has 3 nitrogen and oxygen atoms in total. The maximum atomic E-state index is 11.5. The van der Waals surface area contributed by atoms with Crippen LogP contribution in [0.4, 0.5) is 0 Å². The van der Waals surface area contributed by atoms with Crippen molar-refractivity contribution < 1.29 is 9.21 Å². The Morgan fingerprint density at radius 2 is 2.17 bits per heavy atom. The number of fused-ring (bicyclic) bond motifs is 1. The Morgan fingerprint density at radius 3 is 2.78 bits per heavy atom. The fourth-order valence-corrected chi connectivity index (χ4v) is 2.03. The summed E-state index contributed by atoms with van der Waals surface area (Å²) in [5.41, 5.74) is 3.11. The molecule has 1 aromatic carbocycles. The molecule has 1 amide bonds. The minimum atomic E-state index is -0.105. The molecule has 0 atom stereocenters. The molecule has 0 bridgehead atoms. The molecular formula is C15H17NO2. The van der Waals surface area contributed by atoms with E-state index in [1.165, 1.54) is 6.08 Å². The van der Waals surface area contributed by atoms with Crippen LogP contribution >= 0.6 is 0 Å². The van der Waals surface area contributed by atoms with Crippen LogP contribution in [-0.2, 0) is 11.3 Å². The third-order valence-electron chi connectivity index (χ3n) is 3.19. The first-order valence-corrected chi connectivity index (χ1v) is 5.89. The Bertz CT molecular complexity index is 610. The summed E-state index contributed by atoms with van der Waals surface area (Å²) >= 11 is 0. The van der Waals surface area contributed by atoms with Crippen LogP contribution < -0.4 is 0 Å². The summed E-state index contributed by atoms with van der Waals surface area (Å²) < 4.78 is 5.87. The zero-order chi connectivity index (χ0) is 13.3. The standard InChI is InChI=1S/C15H17NO2/c1-5-14(17)16(4)9-13-11(3)12-8-6-7-10(2)15(12)18-13/h5-8H,1,9H2,2-4H3. The molecule has 1 heterocycles. The highest BCUT2D eigenvalue weighted by molar-refractivity contribution is 5.87. The molecule has 0 N–H and O–H groups in total. The monoisotopic (exact) mass is 243 g/mol. The van der Waals surface area contributed by atoms with Gasteiger partial charge in [0.2, 0.25) is 5.91 Å². The summed E-state index contributed by atoms with van der Waals surface area (Å²) in [5, 5.41) is 1.12. The summed E-state index contributed by atoms with van der Waals surface area (Å²) in [6.07, 6.45) is 1.31. The molecule has 0 saturated carbocycles. The summed E-state index contributed by atoms with van der Waals surface area (Å²) in [4.78, 5) is 13.1. The van der Waals surface area contributed by atoms with Crippen molar-refractivity contribution in [3.63, 3.8) is 0 Å². The van der Waals surface area contributed by atoms with Gasteiger partial charge >= 0.3 is 0 Å². The van der Waals surface area contributed by atoms with Crippen molar-refractivity contribution in [1.82, 2.24) is 4.90 Å². The second kappa shape index (κ2) is 4.69. The maximum Gasteiger partial charge on any atom is 0.246 e. The van der Waals surface area contributed by atoms with Crippen LogP contribution in [0.2, 0.25) is 0 Å². The topological polar surface area (TPSA) is 33.5 Å². The van der Waals surface area contributed by atoms with Gasteiger partial charge in [-0.2, -0.15) is 0 Å². The molecule has 0 radical (unpaired) electrons. The van der Waals surface area contributed by atoms with Gasteiger partial charge in [-0.1, -0.05) is 24.8 Å². The van der Waals surface area contributed by atoms with Gasteiger partial charge in [0.05, 0.1) is 6.54 Å². The maximum absolute atomic E-state index is 11.5. The van der Waals surface area contributed by atoms with E-state index in [-0.39, 0.29) is 5.91 Å². The number of carbonyl (C=O) groups excluding carboxylic acids is 1. The first kappa shape index (κ1) is 12.4. The Hall–Kier alpha value is -2.03. The molecule has 0 saturated heterocycles. The first-order chi connectivity index (χ1) is 8.54. The molecule has 2 aromatic rings. The van der Waals surface area contributed by atoms with Gasteiger partial charge in [0.1, 0.15) is 11.3 Å². The lowest BCUT2D eigenvalue weighted by Crippen LogP contribution is -2.23. The minimum absolute atomic E-state index is 0.105. The highest BCUT2D eigenvalue weighted by Gasteiger charge is 2.14. The molecule has 2 rings (SSSR count). The fraction of sp³-hybridized carbons (Fsp3) is 0.267. The SMILES string of the molecule is C=CC(=O)N(C)Cc1oc2c(C)cccc2c1C. The number of furan rings is 1. The molecule has 0 aliphatic rings. The van der Waals surface area contributed by atoms with E-state index in [1.807, 2.05) is 32.0 Å². The Kier molecular flexibility index (Phi) is 3.24. The number of aryl methyl sites for hydroxylation is 2. The predicted octanol–water partition coefficient (Wildman–Crippen LogP) is 3.19. The van der Waals surface area contributed by atoms with E-state index >= 15 is 0 Å². The fourth-order valence-electron chi connectivity index (χ4n) is 2.03. The number of hydrogen-bond acceptors (Lipinski definition) is 2. The molecule has 94 valence electrons. The number of nitrogens with zero attached hydrogens (tertiary/aromatic N) is 1. The number of carbonyl (C=O) groups is 1.